The second-order valence-corrected chi connectivity index (χ2v) is 22.7. The fraction of sp³-hybridized carbons (Fsp3) is 0.492. The molecule has 0 saturated carbocycles. The fourth-order valence-electron chi connectivity index (χ4n) is 12.4. The van der Waals surface area contributed by atoms with Crippen molar-refractivity contribution in [3.05, 3.63) is 100 Å². The summed E-state index contributed by atoms with van der Waals surface area (Å²) in [7, 11) is 5.68. The van der Waals surface area contributed by atoms with Gasteiger partial charge in [-0.15, -0.1) is 0 Å². The van der Waals surface area contributed by atoms with Crippen molar-refractivity contribution < 1.29 is 23.7 Å². The maximum atomic E-state index is 6.58. The number of allylic oxidation sites excluding steroid dienone is 1. The summed E-state index contributed by atoms with van der Waals surface area (Å²) in [5.41, 5.74) is 11.6. The van der Waals surface area contributed by atoms with E-state index in [1.807, 2.05) is 52.3 Å². The number of benzene rings is 3. The molecule has 438 valence electrons. The topological polar surface area (TPSA) is 205 Å². The molecule has 3 aromatic carbocycles. The van der Waals surface area contributed by atoms with Gasteiger partial charge in [0.2, 0.25) is 17.8 Å². The van der Waals surface area contributed by atoms with E-state index in [1.165, 1.54) is 37.1 Å². The minimum Gasteiger partial charge on any atom is -0.492 e. The molecule has 20 heteroatoms. The smallest absolute Gasteiger partial charge is 0.229 e. The quantitative estimate of drug-likeness (QED) is 0.0312. The minimum absolute atomic E-state index is 0.457. The zero-order valence-corrected chi connectivity index (χ0v) is 48.8. The van der Waals surface area contributed by atoms with Gasteiger partial charge in [0.25, 0.3) is 0 Å². The summed E-state index contributed by atoms with van der Waals surface area (Å²) in [5, 5.41) is 20.2. The Bertz CT molecular complexity index is 3280. The van der Waals surface area contributed by atoms with Gasteiger partial charge in [0.05, 0.1) is 26.4 Å². The lowest BCUT2D eigenvalue weighted by Gasteiger charge is -2.22. The number of nitrogens with zero attached hydrogens (tertiary/aromatic N) is 9. The molecule has 0 aliphatic carbocycles. The molecule has 1 unspecified atom stereocenters. The molecule has 0 bridgehead atoms. The minimum atomic E-state index is 0.457. The van der Waals surface area contributed by atoms with Crippen molar-refractivity contribution in [1.82, 2.24) is 44.6 Å². The van der Waals surface area contributed by atoms with Gasteiger partial charge < -0.3 is 60.5 Å². The van der Waals surface area contributed by atoms with Gasteiger partial charge in [-0.2, -0.15) is 15.0 Å². The highest BCUT2D eigenvalue weighted by molar-refractivity contribution is 5.77. The van der Waals surface area contributed by atoms with Crippen molar-refractivity contribution >= 4 is 57.9 Å². The van der Waals surface area contributed by atoms with Crippen LogP contribution in [0.3, 0.4) is 0 Å². The second kappa shape index (κ2) is 26.3. The molecule has 0 radical (unpaired) electrons. The Morgan fingerprint density at radius 2 is 1.13 bits per heavy atom. The summed E-state index contributed by atoms with van der Waals surface area (Å²) < 4.78 is 31.5. The molecule has 1 atom stereocenters. The largest absolute Gasteiger partial charge is 0.492 e. The highest BCUT2D eigenvalue weighted by Gasteiger charge is 2.27. The Hall–Kier alpha value is -7.68. The summed E-state index contributed by atoms with van der Waals surface area (Å²) in [6, 6.07) is 18.8. The summed E-state index contributed by atoms with van der Waals surface area (Å²) in [4.78, 5) is 36.6. The van der Waals surface area contributed by atoms with Crippen LogP contribution in [-0.2, 0) is 32.1 Å². The van der Waals surface area contributed by atoms with E-state index < -0.39 is 0 Å². The van der Waals surface area contributed by atoms with Crippen molar-refractivity contribution in [2.75, 3.05) is 145 Å². The van der Waals surface area contributed by atoms with Crippen LogP contribution in [0.4, 0.5) is 52.4 Å². The Morgan fingerprint density at radius 3 is 1.86 bits per heavy atom. The number of aryl methyl sites for hydroxylation is 2. The number of hydrogen-bond acceptors (Lipinski definition) is 20. The van der Waals surface area contributed by atoms with Gasteiger partial charge >= 0.3 is 0 Å². The molecule has 6 aromatic rings. The molecule has 0 amide bonds. The van der Waals surface area contributed by atoms with E-state index in [2.05, 4.69) is 93.0 Å². The van der Waals surface area contributed by atoms with Crippen molar-refractivity contribution in [3.63, 3.8) is 0 Å². The summed E-state index contributed by atoms with van der Waals surface area (Å²) in [6.45, 7) is 14.1. The first-order chi connectivity index (χ1) is 40.8. The first-order valence-electron chi connectivity index (χ1n) is 30.2. The summed E-state index contributed by atoms with van der Waals surface area (Å²) in [5.74, 6) is 8.70. The third-order valence-corrected chi connectivity index (χ3v) is 16.6. The fourth-order valence-corrected chi connectivity index (χ4v) is 12.4. The number of aromatic nitrogens is 6. The van der Waals surface area contributed by atoms with Crippen LogP contribution < -0.4 is 55.6 Å². The summed E-state index contributed by atoms with van der Waals surface area (Å²) >= 11 is 0. The molecule has 2 fully saturated rings. The van der Waals surface area contributed by atoms with Gasteiger partial charge in [-0.05, 0) is 127 Å². The van der Waals surface area contributed by atoms with E-state index in [1.54, 1.807) is 0 Å². The molecule has 12 rings (SSSR count). The number of likely N-dealkylation sites (tertiary alicyclic amines) is 2. The zero-order valence-electron chi connectivity index (χ0n) is 48.8. The number of anilines is 9. The predicted octanol–water partition coefficient (Wildman–Crippen LogP) is 9.45. The number of fused-ring (bicyclic) bond motifs is 3. The number of nitrogens with one attached hydrogen (secondary N) is 6. The lowest BCUT2D eigenvalue weighted by molar-refractivity contribution is 0.224. The number of ether oxygens (including phenoxy) is 5. The monoisotopic (exact) mass is 1130 g/mol. The Morgan fingerprint density at radius 1 is 0.530 bits per heavy atom. The molecule has 6 aliphatic rings. The average molecular weight is 1130 g/mol. The highest BCUT2D eigenvalue weighted by Crippen LogP contribution is 2.42. The summed E-state index contributed by atoms with van der Waals surface area (Å²) in [6.07, 6.45) is 14.3. The molecule has 0 spiro atoms. The van der Waals surface area contributed by atoms with Crippen molar-refractivity contribution in [2.45, 2.75) is 84.0 Å². The van der Waals surface area contributed by atoms with Gasteiger partial charge in [-0.3, -0.25) is 9.80 Å². The van der Waals surface area contributed by atoms with Crippen molar-refractivity contribution in [1.29, 1.82) is 0 Å². The highest BCUT2D eigenvalue weighted by atomic mass is 16.5. The lowest BCUT2D eigenvalue weighted by atomic mass is 9.97. The SMILES string of the molecule is CNc1cc(C)nc(Nc2cc3c(c(C4=CCN(CCc5cc(NC)nc(Nc6cc7c(c(OCCN8CCC(Cc9cc(NC)nc(Nc%10cc%11c(c(OCCCN%12CCCC%12)c%10)OCCC%11)n9)C8)c6)OCC7)n5)CCC4)c2)OCC3)n1. The van der Waals surface area contributed by atoms with Crippen molar-refractivity contribution in [3.8, 4) is 28.7 Å². The Kier molecular flexibility index (Phi) is 17.7. The predicted molar refractivity (Wildman–Crippen MR) is 328 cm³/mol. The second-order valence-electron chi connectivity index (χ2n) is 22.7. The van der Waals surface area contributed by atoms with E-state index in [0.29, 0.717) is 56.8 Å². The van der Waals surface area contributed by atoms with Crippen LogP contribution in [0, 0.1) is 12.8 Å². The Labute approximate surface area is 487 Å². The van der Waals surface area contributed by atoms with Crippen molar-refractivity contribution in [2.24, 2.45) is 5.92 Å². The van der Waals surface area contributed by atoms with Crippen LogP contribution in [0.15, 0.2) is 60.7 Å². The number of hydrogen-bond donors (Lipinski definition) is 6. The molecule has 2 saturated heterocycles. The zero-order chi connectivity index (χ0) is 56.5. The maximum Gasteiger partial charge on any atom is 0.229 e. The Balaban J connectivity index is 0.643. The van der Waals surface area contributed by atoms with Gasteiger partial charge in [0.15, 0.2) is 23.0 Å². The van der Waals surface area contributed by atoms with Crippen LogP contribution in [-0.4, -0.2) is 158 Å². The molecule has 6 aliphatic heterocycles. The maximum absolute atomic E-state index is 6.58. The van der Waals surface area contributed by atoms with E-state index in [0.717, 1.165) is 207 Å². The molecular formula is C63H81N15O5. The first kappa shape index (κ1) is 55.8. The normalized spacial score (nSPS) is 17.7. The van der Waals surface area contributed by atoms with Gasteiger partial charge in [-0.1, -0.05) is 6.08 Å². The molecular weight excluding hydrogens is 1050 g/mol. The molecule has 20 nitrogen and oxygen atoms in total. The van der Waals surface area contributed by atoms with Crippen LogP contribution >= 0.6 is 0 Å². The van der Waals surface area contributed by atoms with Gasteiger partial charge in [-0.25, -0.2) is 15.0 Å². The first-order valence-corrected chi connectivity index (χ1v) is 30.2. The number of rotatable bonds is 24. The molecule has 9 heterocycles. The van der Waals surface area contributed by atoms with E-state index in [-0.39, 0.29) is 0 Å². The van der Waals surface area contributed by atoms with E-state index in [9.17, 15) is 0 Å². The van der Waals surface area contributed by atoms with Gasteiger partial charge in [0, 0.05) is 160 Å². The molecule has 6 N–H and O–H groups in total. The third-order valence-electron chi connectivity index (χ3n) is 16.6. The van der Waals surface area contributed by atoms with Gasteiger partial charge in [0.1, 0.15) is 29.8 Å². The average Bonchev–Trinajstić information content (AvgIpc) is 4.49. The van der Waals surface area contributed by atoms with Crippen LogP contribution in [0.1, 0.15) is 84.3 Å². The van der Waals surface area contributed by atoms with E-state index in [4.69, 9.17) is 43.6 Å². The standard InChI is InChI=1S/C63H81N15O5/c1-41-30-55(64-2)73-61(67-41)70-49-33-45-15-27-82-58(45)52(35-49)43-10-7-19-77(22-13-43)23-14-47-38-56(65-3)74-62(68-47)71-51-34-46-16-28-83-60(46)54(37-51)80-29-24-78-21-12-42(40-78)31-48-39-57(66-4)75-63(69-48)72-50-32-44-11-8-25-81-59(44)53(36-50)79-26-9-20-76-17-5-6-18-76/h13,30,32-39,42H,5-12,14-29,31,40H2,1-4H3,(H2,64,67,70,73)(H2,65,68,71,74)(H2,66,69,72,75). The lowest BCUT2D eigenvalue weighted by Crippen LogP contribution is -2.27. The molecule has 3 aromatic heterocycles. The molecule has 83 heavy (non-hydrogen) atoms. The third kappa shape index (κ3) is 14.1. The van der Waals surface area contributed by atoms with Crippen LogP contribution in [0.2, 0.25) is 0 Å². The van der Waals surface area contributed by atoms with Crippen LogP contribution in [0.25, 0.3) is 5.57 Å². The van der Waals surface area contributed by atoms with E-state index >= 15 is 0 Å². The van der Waals surface area contributed by atoms with Crippen LogP contribution in [0.5, 0.6) is 28.7 Å².